The standard InChI is InChI=1S/C16H11ClF3N3OS/c1-24-11-3-2-9-6-10(14(17)22-12(9)7-11)8-25-15-21-5-4-13(23-15)16(18,19)20/h2-7H,8H2,1H3. The van der Waals surface area contributed by atoms with Crippen molar-refractivity contribution >= 4 is 34.3 Å². The molecule has 0 N–H and O–H groups in total. The predicted octanol–water partition coefficient (Wildman–Crippen LogP) is 5.00. The van der Waals surface area contributed by atoms with Crippen molar-refractivity contribution < 1.29 is 17.9 Å². The van der Waals surface area contributed by atoms with Crippen LogP contribution < -0.4 is 4.74 Å². The Balaban J connectivity index is 1.82. The second-order valence-electron chi connectivity index (χ2n) is 5.01. The smallest absolute Gasteiger partial charge is 0.433 e. The van der Waals surface area contributed by atoms with E-state index in [0.29, 0.717) is 22.6 Å². The first kappa shape index (κ1) is 17.8. The summed E-state index contributed by atoms with van der Waals surface area (Å²) in [6, 6.07) is 8.07. The highest BCUT2D eigenvalue weighted by Gasteiger charge is 2.32. The largest absolute Gasteiger partial charge is 0.497 e. The van der Waals surface area contributed by atoms with Crippen molar-refractivity contribution in [2.24, 2.45) is 0 Å². The molecule has 3 rings (SSSR count). The molecule has 0 saturated carbocycles. The average molecular weight is 386 g/mol. The summed E-state index contributed by atoms with van der Waals surface area (Å²) >= 11 is 7.25. The van der Waals surface area contributed by atoms with E-state index in [1.165, 1.54) is 0 Å². The van der Waals surface area contributed by atoms with Crippen LogP contribution in [0.3, 0.4) is 0 Å². The molecular formula is C16H11ClF3N3OS. The number of benzene rings is 1. The average Bonchev–Trinajstić information content (AvgIpc) is 2.59. The van der Waals surface area contributed by atoms with Crippen molar-refractivity contribution in [2.45, 2.75) is 17.1 Å². The molecule has 1 aromatic carbocycles. The highest BCUT2D eigenvalue weighted by molar-refractivity contribution is 7.98. The molecule has 0 spiro atoms. The first-order valence-electron chi connectivity index (χ1n) is 7.03. The minimum Gasteiger partial charge on any atom is -0.497 e. The number of ether oxygens (including phenoxy) is 1. The molecule has 3 aromatic rings. The molecule has 0 saturated heterocycles. The van der Waals surface area contributed by atoms with E-state index >= 15 is 0 Å². The van der Waals surface area contributed by atoms with E-state index in [-0.39, 0.29) is 10.3 Å². The molecule has 0 radical (unpaired) electrons. The van der Waals surface area contributed by atoms with Crippen LogP contribution in [0.1, 0.15) is 11.3 Å². The van der Waals surface area contributed by atoms with Gasteiger partial charge in [-0.3, -0.25) is 0 Å². The van der Waals surface area contributed by atoms with Crippen molar-refractivity contribution in [1.82, 2.24) is 15.0 Å². The van der Waals surface area contributed by atoms with Crippen molar-refractivity contribution in [3.8, 4) is 5.75 Å². The topological polar surface area (TPSA) is 47.9 Å². The summed E-state index contributed by atoms with van der Waals surface area (Å²) < 4.78 is 43.2. The highest BCUT2D eigenvalue weighted by Crippen LogP contribution is 2.31. The number of alkyl halides is 3. The van der Waals surface area contributed by atoms with Crippen LogP contribution in [-0.2, 0) is 11.9 Å². The van der Waals surface area contributed by atoms with Gasteiger partial charge < -0.3 is 4.74 Å². The van der Waals surface area contributed by atoms with E-state index < -0.39 is 11.9 Å². The van der Waals surface area contributed by atoms with Crippen LogP contribution in [0, 0.1) is 0 Å². The number of thioether (sulfide) groups is 1. The Morgan fingerprint density at radius 2 is 1.96 bits per heavy atom. The fraction of sp³-hybridized carbons (Fsp3) is 0.188. The Morgan fingerprint density at radius 1 is 1.16 bits per heavy atom. The van der Waals surface area contributed by atoms with Gasteiger partial charge in [0.25, 0.3) is 0 Å². The Hall–Kier alpha value is -2.06. The van der Waals surface area contributed by atoms with E-state index in [1.54, 1.807) is 19.2 Å². The summed E-state index contributed by atoms with van der Waals surface area (Å²) in [5.74, 6) is 0.963. The van der Waals surface area contributed by atoms with E-state index in [4.69, 9.17) is 16.3 Å². The molecule has 25 heavy (non-hydrogen) atoms. The van der Waals surface area contributed by atoms with Gasteiger partial charge in [-0.15, -0.1) is 0 Å². The minimum absolute atomic E-state index is 0.0284. The van der Waals surface area contributed by atoms with Crippen LogP contribution in [-0.4, -0.2) is 22.1 Å². The zero-order valence-electron chi connectivity index (χ0n) is 12.8. The quantitative estimate of drug-likeness (QED) is 0.359. The number of halogens is 4. The summed E-state index contributed by atoms with van der Waals surface area (Å²) in [6.45, 7) is 0. The van der Waals surface area contributed by atoms with E-state index in [2.05, 4.69) is 15.0 Å². The maximum absolute atomic E-state index is 12.7. The van der Waals surface area contributed by atoms with Gasteiger partial charge in [0.1, 0.15) is 16.6 Å². The number of rotatable bonds is 4. The summed E-state index contributed by atoms with van der Waals surface area (Å²) in [7, 11) is 1.56. The zero-order chi connectivity index (χ0) is 18.0. The third-order valence-electron chi connectivity index (χ3n) is 3.33. The van der Waals surface area contributed by atoms with Crippen molar-refractivity contribution in [3.63, 3.8) is 0 Å². The van der Waals surface area contributed by atoms with Gasteiger partial charge in [-0.2, -0.15) is 13.2 Å². The Morgan fingerprint density at radius 3 is 2.68 bits per heavy atom. The molecule has 0 bridgehead atoms. The number of fused-ring (bicyclic) bond motifs is 1. The second-order valence-corrected chi connectivity index (χ2v) is 6.31. The Bertz CT molecular complexity index is 921. The summed E-state index contributed by atoms with van der Waals surface area (Å²) in [5.41, 5.74) is 0.388. The SMILES string of the molecule is COc1ccc2cc(CSc3nccc(C(F)(F)F)n3)c(Cl)nc2c1. The van der Waals surface area contributed by atoms with Gasteiger partial charge in [-0.25, -0.2) is 15.0 Å². The molecule has 0 aliphatic rings. The first-order chi connectivity index (χ1) is 11.9. The fourth-order valence-electron chi connectivity index (χ4n) is 2.11. The monoisotopic (exact) mass is 385 g/mol. The van der Waals surface area contributed by atoms with Crippen LogP contribution in [0.5, 0.6) is 5.75 Å². The lowest BCUT2D eigenvalue weighted by atomic mass is 10.1. The normalized spacial score (nSPS) is 11.7. The molecular weight excluding hydrogens is 375 g/mol. The van der Waals surface area contributed by atoms with Gasteiger partial charge in [0.05, 0.1) is 12.6 Å². The van der Waals surface area contributed by atoms with Gasteiger partial charge >= 0.3 is 6.18 Å². The van der Waals surface area contributed by atoms with E-state index in [9.17, 15) is 13.2 Å². The second kappa shape index (κ2) is 7.05. The highest BCUT2D eigenvalue weighted by atomic mass is 35.5. The number of nitrogens with zero attached hydrogens (tertiary/aromatic N) is 3. The van der Waals surface area contributed by atoms with E-state index in [0.717, 1.165) is 29.4 Å². The number of hydrogen-bond acceptors (Lipinski definition) is 5. The molecule has 4 nitrogen and oxygen atoms in total. The molecule has 0 aliphatic heterocycles. The first-order valence-corrected chi connectivity index (χ1v) is 8.39. The molecule has 0 fully saturated rings. The van der Waals surface area contributed by atoms with Crippen LogP contribution in [0.15, 0.2) is 41.7 Å². The summed E-state index contributed by atoms with van der Waals surface area (Å²) in [4.78, 5) is 11.7. The van der Waals surface area contributed by atoms with Crippen molar-refractivity contribution in [3.05, 3.63) is 52.9 Å². The predicted molar refractivity (Wildman–Crippen MR) is 89.9 cm³/mol. The number of aromatic nitrogens is 3. The van der Waals surface area contributed by atoms with Gasteiger partial charge in [-0.05, 0) is 24.3 Å². The molecule has 9 heteroatoms. The van der Waals surface area contributed by atoms with Gasteiger partial charge in [0.2, 0.25) is 0 Å². The van der Waals surface area contributed by atoms with Crippen LogP contribution in [0.4, 0.5) is 13.2 Å². The molecule has 130 valence electrons. The van der Waals surface area contributed by atoms with Crippen molar-refractivity contribution in [2.75, 3.05) is 7.11 Å². The van der Waals surface area contributed by atoms with Crippen LogP contribution in [0.2, 0.25) is 5.15 Å². The molecule has 2 aromatic heterocycles. The van der Waals surface area contributed by atoms with Crippen LogP contribution >= 0.6 is 23.4 Å². The molecule has 0 aliphatic carbocycles. The summed E-state index contributed by atoms with van der Waals surface area (Å²) in [6.07, 6.45) is -3.41. The molecule has 0 atom stereocenters. The minimum atomic E-state index is -4.50. The number of methoxy groups -OCH3 is 1. The molecule has 2 heterocycles. The van der Waals surface area contributed by atoms with Crippen molar-refractivity contribution in [1.29, 1.82) is 0 Å². The third-order valence-corrected chi connectivity index (χ3v) is 4.57. The maximum atomic E-state index is 12.7. The number of pyridine rings is 1. The Kier molecular flexibility index (Phi) is 5.01. The third kappa shape index (κ3) is 4.13. The van der Waals surface area contributed by atoms with Crippen LogP contribution in [0.25, 0.3) is 10.9 Å². The lowest BCUT2D eigenvalue weighted by Gasteiger charge is -2.08. The maximum Gasteiger partial charge on any atom is 0.433 e. The Labute approximate surface area is 150 Å². The van der Waals surface area contributed by atoms with Gasteiger partial charge in [0, 0.05) is 29.0 Å². The van der Waals surface area contributed by atoms with E-state index in [1.807, 2.05) is 12.1 Å². The lowest BCUT2D eigenvalue weighted by Crippen LogP contribution is -2.08. The lowest BCUT2D eigenvalue weighted by molar-refractivity contribution is -0.141. The summed E-state index contributed by atoms with van der Waals surface area (Å²) in [5, 5.41) is 1.16. The number of hydrogen-bond donors (Lipinski definition) is 0. The molecule has 0 amide bonds. The van der Waals surface area contributed by atoms with Gasteiger partial charge in [0.15, 0.2) is 5.16 Å². The molecule has 0 unspecified atom stereocenters. The fourth-order valence-corrected chi connectivity index (χ4v) is 3.20. The zero-order valence-corrected chi connectivity index (χ0v) is 14.4. The van der Waals surface area contributed by atoms with Gasteiger partial charge in [-0.1, -0.05) is 23.4 Å².